The zero-order valence-corrected chi connectivity index (χ0v) is 82.9. The molecule has 0 fully saturated rings. The van der Waals surface area contributed by atoms with Gasteiger partial charge in [0.05, 0.1) is 34.2 Å². The van der Waals surface area contributed by atoms with Gasteiger partial charge < -0.3 is 0 Å². The first-order valence-corrected chi connectivity index (χ1v) is 50.1. The first-order chi connectivity index (χ1) is 71.7. The fraction of sp³-hybridized carbons (Fsp3) is 0.0571. The Morgan fingerprint density at radius 1 is 0.110 bits per heavy atom. The quantitative estimate of drug-likeness (QED) is 0.0673. The van der Waals surface area contributed by atoms with Gasteiger partial charge in [-0.05, 0) is 298 Å². The van der Waals surface area contributed by atoms with Crippen LogP contribution in [-0.4, -0.2) is 29.9 Å². The number of hydrogen-bond acceptors (Lipinski definition) is 6. The molecule has 5 aromatic heterocycles. The van der Waals surface area contributed by atoms with E-state index in [9.17, 15) is 0 Å². The minimum atomic E-state index is 0.828. The lowest BCUT2D eigenvalue weighted by molar-refractivity contribution is 1.18. The summed E-state index contributed by atoms with van der Waals surface area (Å²) in [5, 5.41) is 0. The molecular formula is C140H104N6. The van der Waals surface area contributed by atoms with Crippen molar-refractivity contribution in [1.82, 2.24) is 29.9 Å². The van der Waals surface area contributed by atoms with Crippen LogP contribution in [0.1, 0.15) is 44.5 Å². The zero-order valence-electron chi connectivity index (χ0n) is 82.9. The van der Waals surface area contributed by atoms with Crippen LogP contribution in [0.15, 0.2) is 486 Å². The van der Waals surface area contributed by atoms with Gasteiger partial charge in [0, 0.05) is 80.4 Å². The predicted octanol–water partition coefficient (Wildman–Crippen LogP) is 37.2. The second-order valence-corrected chi connectivity index (χ2v) is 38.2. The molecule has 6 nitrogen and oxygen atoms in total. The highest BCUT2D eigenvalue weighted by atomic mass is 14.8. The number of nitrogens with zero attached hydrogens (tertiary/aromatic N) is 6. The Hall–Kier alpha value is -18.4. The van der Waals surface area contributed by atoms with Crippen molar-refractivity contribution < 1.29 is 0 Å². The molecule has 0 spiro atoms. The Morgan fingerprint density at radius 2 is 0.253 bits per heavy atom. The van der Waals surface area contributed by atoms with E-state index in [1.165, 1.54) is 66.8 Å². The molecule has 0 aliphatic heterocycles. The van der Waals surface area contributed by atoms with Crippen LogP contribution in [0.4, 0.5) is 0 Å². The summed E-state index contributed by atoms with van der Waals surface area (Å²) in [6.07, 6.45) is 9.80. The Morgan fingerprint density at radius 3 is 0.432 bits per heavy atom. The van der Waals surface area contributed by atoms with Gasteiger partial charge in [0.15, 0.2) is 0 Å². The number of benzene rings is 18. The van der Waals surface area contributed by atoms with Crippen molar-refractivity contribution >= 4 is 0 Å². The molecule has 6 heteroatoms. The van der Waals surface area contributed by atoms with E-state index < -0.39 is 0 Å². The van der Waals surface area contributed by atoms with Crippen molar-refractivity contribution in [1.29, 1.82) is 0 Å². The number of pyridine rings is 4. The third-order valence-electron chi connectivity index (χ3n) is 29.7. The van der Waals surface area contributed by atoms with Gasteiger partial charge >= 0.3 is 0 Å². The average molecular weight is 1870 g/mol. The van der Waals surface area contributed by atoms with Gasteiger partial charge in [-0.2, -0.15) is 0 Å². The summed E-state index contributed by atoms with van der Waals surface area (Å²) < 4.78 is 0. The van der Waals surface area contributed by atoms with E-state index in [4.69, 9.17) is 29.9 Å². The summed E-state index contributed by atoms with van der Waals surface area (Å²) in [6.45, 7) is 17.6. The predicted molar refractivity (Wildman–Crippen MR) is 611 cm³/mol. The molecule has 23 rings (SSSR count). The zero-order chi connectivity index (χ0) is 98.8. The lowest BCUT2D eigenvalue weighted by Crippen LogP contribution is -1.96. The maximum absolute atomic E-state index is 5.11. The molecule has 0 aliphatic rings. The van der Waals surface area contributed by atoms with Crippen LogP contribution < -0.4 is 0 Å². The Labute approximate surface area is 855 Å². The van der Waals surface area contributed by atoms with Gasteiger partial charge in [-0.25, -0.2) is 9.97 Å². The van der Waals surface area contributed by atoms with Gasteiger partial charge in [0.25, 0.3) is 0 Å². The van der Waals surface area contributed by atoms with E-state index in [0.717, 1.165) is 223 Å². The van der Waals surface area contributed by atoms with Crippen LogP contribution >= 0.6 is 0 Å². The molecule has 694 valence electrons. The summed E-state index contributed by atoms with van der Waals surface area (Å²) in [5.74, 6) is 0. The molecule has 0 bridgehead atoms. The Kier molecular flexibility index (Phi) is 25.0. The number of rotatable bonds is 22. The lowest BCUT2D eigenvalue weighted by Gasteiger charge is -2.18. The molecule has 0 aliphatic carbocycles. The first-order valence-electron chi connectivity index (χ1n) is 50.1. The fourth-order valence-electron chi connectivity index (χ4n) is 21.3. The smallest absolute Gasteiger partial charge is 0.116 e. The van der Waals surface area contributed by atoms with Gasteiger partial charge in [0.2, 0.25) is 0 Å². The largest absolute Gasteiger partial charge is 0.255 e. The molecule has 0 radical (unpaired) electrons. The standard InChI is InChI=1S/C140H104N6/c1-89-93(5)137(141-84-131(89)97-33-13-9-14-34-97)109-69-57-103(58-70-109)121-43-23-29-49-127(121)115-77-113(78-116(81-115)128-50-30-24-44-122(128)104-59-71-110(72-60-104)138-94(6)90(2)132(85-142-138)98-35-15-10-16-36-98)125-47-27-21-41-119(125)101-53-65-107(66-54-101)135-83-136(146-88-145-135)108-67-55-102(56-68-108)120-42-22-28-48-126(120)114-79-117(129-51-31-25-45-123(129)105-61-73-111(74-62-105)139-95(7)91(3)133(86-143-139)99-37-17-11-18-38-99)82-118(80-114)130-52-32-26-46-124(130)106-63-75-112(76-64-106)140-96(8)92(4)134(87-144-140)100-39-19-12-20-40-100/h9-88H,1-8H3. The van der Waals surface area contributed by atoms with Crippen molar-refractivity contribution in [3.05, 3.63) is 531 Å². The van der Waals surface area contributed by atoms with Crippen molar-refractivity contribution in [2.24, 2.45) is 0 Å². The van der Waals surface area contributed by atoms with Crippen LogP contribution in [-0.2, 0) is 0 Å². The van der Waals surface area contributed by atoms with Crippen LogP contribution in [0, 0.1) is 55.4 Å². The molecule has 23 aromatic rings. The molecule has 0 N–H and O–H groups in total. The summed E-state index contributed by atoms with van der Waals surface area (Å²) in [5.41, 5.74) is 57.5. The van der Waals surface area contributed by atoms with Crippen molar-refractivity contribution in [3.63, 3.8) is 0 Å². The Bertz CT molecular complexity index is 7930. The van der Waals surface area contributed by atoms with Crippen molar-refractivity contribution in [3.8, 4) is 246 Å². The molecular weight excluding hydrogens is 1770 g/mol. The third kappa shape index (κ3) is 18.0. The topological polar surface area (TPSA) is 77.3 Å². The first kappa shape index (κ1) is 91.4. The van der Waals surface area contributed by atoms with Crippen LogP contribution in [0.5, 0.6) is 0 Å². The lowest BCUT2D eigenvalue weighted by atomic mass is 9.86. The van der Waals surface area contributed by atoms with E-state index in [2.05, 4.69) is 510 Å². The molecule has 5 heterocycles. The second kappa shape index (κ2) is 40.0. The van der Waals surface area contributed by atoms with E-state index in [1.807, 2.05) is 24.8 Å². The maximum Gasteiger partial charge on any atom is 0.116 e. The van der Waals surface area contributed by atoms with E-state index in [-0.39, 0.29) is 0 Å². The average Bonchev–Trinajstić information content (AvgIpc) is 0.764. The summed E-state index contributed by atoms with van der Waals surface area (Å²) >= 11 is 0. The molecule has 0 saturated carbocycles. The summed E-state index contributed by atoms with van der Waals surface area (Å²) in [7, 11) is 0. The molecule has 0 saturated heterocycles. The fourth-order valence-corrected chi connectivity index (χ4v) is 21.3. The minimum Gasteiger partial charge on any atom is -0.255 e. The van der Waals surface area contributed by atoms with Gasteiger partial charge in [0.1, 0.15) is 6.33 Å². The highest BCUT2D eigenvalue weighted by molar-refractivity contribution is 5.99. The van der Waals surface area contributed by atoms with Gasteiger partial charge in [-0.15, -0.1) is 0 Å². The highest BCUT2D eigenvalue weighted by Crippen LogP contribution is 2.49. The summed E-state index contributed by atoms with van der Waals surface area (Å²) in [4.78, 5) is 30.4. The summed E-state index contributed by atoms with van der Waals surface area (Å²) in [6, 6.07) is 165. The maximum atomic E-state index is 5.11. The van der Waals surface area contributed by atoms with Crippen LogP contribution in [0.3, 0.4) is 0 Å². The monoisotopic (exact) mass is 1870 g/mol. The normalized spacial score (nSPS) is 11.3. The van der Waals surface area contributed by atoms with Gasteiger partial charge in [-0.3, -0.25) is 19.9 Å². The second-order valence-electron chi connectivity index (χ2n) is 38.2. The minimum absolute atomic E-state index is 0.828. The van der Waals surface area contributed by atoms with E-state index in [1.54, 1.807) is 6.33 Å². The van der Waals surface area contributed by atoms with Crippen molar-refractivity contribution in [2.45, 2.75) is 55.4 Å². The molecule has 18 aromatic carbocycles. The molecule has 146 heavy (non-hydrogen) atoms. The Balaban J connectivity index is 0.565. The van der Waals surface area contributed by atoms with Crippen molar-refractivity contribution in [2.75, 3.05) is 0 Å². The molecule has 0 unspecified atom stereocenters. The van der Waals surface area contributed by atoms with E-state index in [0.29, 0.717) is 0 Å². The SMILES string of the molecule is Cc1c(-c2ccccc2)cnc(-c2ccc(-c3ccccc3-c3cc(-c4ccccc4-c4ccc(-c5cc(-c6ccc(-c7ccccc7-c7cc(-c8ccccc8-c8ccc(-c9ncc(-c%10ccccc%10)c(C)c9C)cc8)cc(-c8ccccc8-c8ccc(-c9ncc(-c%10ccccc%10)c(C)c9C)cc8)c7)cc6)ncn5)cc4)cc(-c4ccccc4-c4ccc(-c5ncc(-c6ccccc6)c(C)c5C)cc4)c3)cc2)c1C. The van der Waals surface area contributed by atoms with E-state index >= 15 is 0 Å². The molecule has 0 amide bonds. The van der Waals surface area contributed by atoms with Crippen LogP contribution in [0.2, 0.25) is 0 Å². The van der Waals surface area contributed by atoms with Gasteiger partial charge in [-0.1, -0.05) is 413 Å². The number of aromatic nitrogens is 6. The number of hydrogen-bond donors (Lipinski definition) is 0. The third-order valence-corrected chi connectivity index (χ3v) is 29.7. The highest BCUT2D eigenvalue weighted by Gasteiger charge is 2.25. The molecule has 0 atom stereocenters. The van der Waals surface area contributed by atoms with Crippen LogP contribution in [0.25, 0.3) is 246 Å².